The summed E-state index contributed by atoms with van der Waals surface area (Å²) in [4.78, 5) is 56.7. The van der Waals surface area contributed by atoms with E-state index in [1.807, 2.05) is 72.8 Å². The van der Waals surface area contributed by atoms with Crippen LogP contribution in [0.3, 0.4) is 0 Å². The van der Waals surface area contributed by atoms with Gasteiger partial charge in [0.2, 0.25) is 23.6 Å². The average molecular weight is 542 g/mol. The molecule has 2 aromatic rings. The third-order valence-corrected chi connectivity index (χ3v) is 8.57. The van der Waals surface area contributed by atoms with Crippen molar-refractivity contribution in [3.05, 3.63) is 83.9 Å². The Labute approximate surface area is 236 Å². The van der Waals surface area contributed by atoms with E-state index in [-0.39, 0.29) is 61.0 Å². The number of nitrogens with one attached hydrogen (secondary N) is 1. The van der Waals surface area contributed by atoms with Crippen LogP contribution < -0.4 is 5.32 Å². The van der Waals surface area contributed by atoms with Gasteiger partial charge >= 0.3 is 0 Å². The number of carbonyl (C=O) groups excluding carboxylic acids is 4. The maximum absolute atomic E-state index is 13.9. The minimum atomic E-state index is -0.714. The fourth-order valence-corrected chi connectivity index (χ4v) is 6.32. The molecule has 7 heteroatoms. The zero-order valence-corrected chi connectivity index (χ0v) is 23.0. The second-order valence-electron chi connectivity index (χ2n) is 11.3. The number of benzene rings is 2. The molecular formula is C33H39N3O4. The van der Waals surface area contributed by atoms with Crippen molar-refractivity contribution in [2.75, 3.05) is 6.54 Å². The van der Waals surface area contributed by atoms with E-state index in [1.165, 1.54) is 11.3 Å². The van der Waals surface area contributed by atoms with Crippen LogP contribution in [-0.4, -0.2) is 52.1 Å². The number of imide groups is 1. The van der Waals surface area contributed by atoms with Gasteiger partial charge in [-0.1, -0.05) is 92.1 Å². The van der Waals surface area contributed by atoms with Crippen molar-refractivity contribution in [3.63, 3.8) is 0 Å². The molecule has 40 heavy (non-hydrogen) atoms. The van der Waals surface area contributed by atoms with Gasteiger partial charge in [-0.25, -0.2) is 0 Å². The molecule has 210 valence electrons. The number of nitrogens with zero attached hydrogens (tertiary/aromatic N) is 2. The highest BCUT2D eigenvalue weighted by Crippen LogP contribution is 2.35. The Morgan fingerprint density at radius 1 is 0.825 bits per heavy atom. The molecule has 7 nitrogen and oxygen atoms in total. The van der Waals surface area contributed by atoms with Crippen molar-refractivity contribution in [2.24, 2.45) is 11.8 Å². The van der Waals surface area contributed by atoms with Gasteiger partial charge in [0.15, 0.2) is 0 Å². The van der Waals surface area contributed by atoms with Crippen molar-refractivity contribution in [3.8, 4) is 0 Å². The quantitative estimate of drug-likeness (QED) is 0.357. The van der Waals surface area contributed by atoms with Crippen LogP contribution in [0.4, 0.5) is 0 Å². The van der Waals surface area contributed by atoms with Crippen LogP contribution in [0.2, 0.25) is 0 Å². The van der Waals surface area contributed by atoms with Gasteiger partial charge in [-0.05, 0) is 36.8 Å². The largest absolute Gasteiger partial charge is 0.352 e. The summed E-state index contributed by atoms with van der Waals surface area (Å²) in [7, 11) is 0. The van der Waals surface area contributed by atoms with Crippen molar-refractivity contribution in [1.82, 2.24) is 15.1 Å². The van der Waals surface area contributed by atoms with E-state index in [1.54, 1.807) is 4.90 Å². The number of rotatable bonds is 10. The molecule has 1 saturated carbocycles. The standard InChI is InChI=1S/C33H39N3O4/c37-30(20-21-35-32(39)27-18-10-11-19-28(27)33(35)40)36(23-25-14-6-2-7-15-25)29(22-24-12-4-1-5-13-24)31(38)34-26-16-8-3-9-17-26/h1-2,4-7,10-15,26-29H,3,8-9,16-23H2,(H,34,38)/t27-,28+,29-/m1/s1. The number of fused-ring (bicyclic) bond motifs is 1. The van der Waals surface area contributed by atoms with E-state index in [0.717, 1.165) is 36.8 Å². The number of carbonyl (C=O) groups is 4. The van der Waals surface area contributed by atoms with Crippen molar-refractivity contribution < 1.29 is 19.2 Å². The summed E-state index contributed by atoms with van der Waals surface area (Å²) >= 11 is 0. The van der Waals surface area contributed by atoms with Gasteiger partial charge in [-0.3, -0.25) is 24.1 Å². The number of hydrogen-bond acceptors (Lipinski definition) is 4. The van der Waals surface area contributed by atoms with Crippen molar-refractivity contribution in [2.45, 2.75) is 76.4 Å². The molecule has 3 aliphatic rings. The second-order valence-corrected chi connectivity index (χ2v) is 11.3. The first-order valence-corrected chi connectivity index (χ1v) is 14.7. The first-order chi connectivity index (χ1) is 19.5. The van der Waals surface area contributed by atoms with Crippen molar-refractivity contribution >= 4 is 23.6 Å². The Hall–Kier alpha value is -3.74. The number of likely N-dealkylation sites (tertiary alicyclic amines) is 1. The summed E-state index contributed by atoms with van der Waals surface area (Å²) in [6, 6.07) is 18.8. The van der Waals surface area contributed by atoms with Crippen LogP contribution in [-0.2, 0) is 32.1 Å². The smallest absolute Gasteiger partial charge is 0.243 e. The van der Waals surface area contributed by atoms with E-state index in [9.17, 15) is 19.2 Å². The highest BCUT2D eigenvalue weighted by atomic mass is 16.2. The molecule has 0 aromatic heterocycles. The van der Waals surface area contributed by atoms with Crippen LogP contribution in [0.5, 0.6) is 0 Å². The SMILES string of the molecule is O=C(NC1CCCCC1)[C@@H](Cc1ccccc1)N(Cc1ccccc1)C(=O)CCN1C(=O)[C@H]2CC=CC[C@H]2C1=O. The summed E-state index contributed by atoms with van der Waals surface area (Å²) < 4.78 is 0. The van der Waals surface area contributed by atoms with E-state index in [2.05, 4.69) is 5.32 Å². The van der Waals surface area contributed by atoms with Gasteiger partial charge < -0.3 is 10.2 Å². The molecule has 1 saturated heterocycles. The van der Waals surface area contributed by atoms with Crippen LogP contribution >= 0.6 is 0 Å². The van der Waals surface area contributed by atoms with E-state index >= 15 is 0 Å². The van der Waals surface area contributed by atoms with Gasteiger partial charge in [0, 0.05) is 32.0 Å². The fourth-order valence-electron chi connectivity index (χ4n) is 6.32. The molecule has 1 aliphatic heterocycles. The van der Waals surface area contributed by atoms with Crippen molar-refractivity contribution in [1.29, 1.82) is 0 Å². The lowest BCUT2D eigenvalue weighted by Crippen LogP contribution is -2.53. The summed E-state index contributed by atoms with van der Waals surface area (Å²) in [5, 5.41) is 3.25. The molecule has 0 unspecified atom stereocenters. The first kappa shape index (κ1) is 27.8. The summed E-state index contributed by atoms with van der Waals surface area (Å²) in [5.74, 6) is -1.39. The third-order valence-electron chi connectivity index (χ3n) is 8.57. The van der Waals surface area contributed by atoms with Crippen LogP contribution in [0.25, 0.3) is 0 Å². The molecule has 2 aliphatic carbocycles. The van der Waals surface area contributed by atoms with Crippen LogP contribution in [0.15, 0.2) is 72.8 Å². The molecule has 2 fully saturated rings. The lowest BCUT2D eigenvalue weighted by Gasteiger charge is -2.34. The maximum Gasteiger partial charge on any atom is 0.243 e. The molecule has 5 rings (SSSR count). The minimum Gasteiger partial charge on any atom is -0.352 e. The predicted octanol–water partition coefficient (Wildman–Crippen LogP) is 4.42. The Morgan fingerprint density at radius 3 is 2.00 bits per heavy atom. The van der Waals surface area contributed by atoms with Gasteiger partial charge in [0.05, 0.1) is 11.8 Å². The lowest BCUT2D eigenvalue weighted by atomic mass is 9.85. The lowest BCUT2D eigenvalue weighted by molar-refractivity contribution is -0.144. The second kappa shape index (κ2) is 13.1. The molecule has 2 aromatic carbocycles. The Kier molecular flexibility index (Phi) is 9.09. The maximum atomic E-state index is 13.9. The van der Waals surface area contributed by atoms with E-state index in [4.69, 9.17) is 0 Å². The molecule has 0 bridgehead atoms. The topological polar surface area (TPSA) is 86.8 Å². The highest BCUT2D eigenvalue weighted by molar-refractivity contribution is 6.05. The zero-order chi connectivity index (χ0) is 27.9. The number of hydrogen-bond donors (Lipinski definition) is 1. The Balaban J connectivity index is 1.37. The minimum absolute atomic E-state index is 0.0147. The van der Waals surface area contributed by atoms with Gasteiger partial charge in [0.25, 0.3) is 0 Å². The molecule has 0 radical (unpaired) electrons. The van der Waals surface area contributed by atoms with E-state index < -0.39 is 6.04 Å². The molecule has 0 spiro atoms. The molecular weight excluding hydrogens is 502 g/mol. The summed E-state index contributed by atoms with van der Waals surface area (Å²) in [6.07, 6.45) is 10.7. The van der Waals surface area contributed by atoms with Crippen LogP contribution in [0, 0.1) is 11.8 Å². The van der Waals surface area contributed by atoms with Gasteiger partial charge in [-0.15, -0.1) is 0 Å². The van der Waals surface area contributed by atoms with Crippen LogP contribution in [0.1, 0.15) is 62.5 Å². The molecule has 4 amide bonds. The van der Waals surface area contributed by atoms with E-state index in [0.29, 0.717) is 19.3 Å². The first-order valence-electron chi connectivity index (χ1n) is 14.7. The van der Waals surface area contributed by atoms with Gasteiger partial charge in [0.1, 0.15) is 6.04 Å². The summed E-state index contributed by atoms with van der Waals surface area (Å²) in [6.45, 7) is 0.309. The molecule has 1 heterocycles. The third kappa shape index (κ3) is 6.52. The monoisotopic (exact) mass is 541 g/mol. The molecule has 1 N–H and O–H groups in total. The average Bonchev–Trinajstić information content (AvgIpc) is 3.24. The number of amides is 4. The fraction of sp³-hybridized carbons (Fsp3) is 0.455. The normalized spacial score (nSPS) is 21.6. The zero-order valence-electron chi connectivity index (χ0n) is 23.0. The summed E-state index contributed by atoms with van der Waals surface area (Å²) in [5.41, 5.74) is 1.89. The van der Waals surface area contributed by atoms with Gasteiger partial charge in [-0.2, -0.15) is 0 Å². The Bertz CT molecular complexity index is 1200. The predicted molar refractivity (Wildman–Crippen MR) is 153 cm³/mol. The Morgan fingerprint density at radius 2 is 1.40 bits per heavy atom. The number of allylic oxidation sites excluding steroid dienone is 2. The molecule has 3 atom stereocenters. The highest BCUT2D eigenvalue weighted by Gasteiger charge is 2.47.